The number of para-hydroxylation sites is 3. The summed E-state index contributed by atoms with van der Waals surface area (Å²) in [6.07, 6.45) is 0. The number of hydrogen-bond acceptors (Lipinski definition) is 5. The third kappa shape index (κ3) is 5.32. The average molecular weight is 841 g/mol. The van der Waals surface area contributed by atoms with Gasteiger partial charge >= 0.3 is 0 Å². The number of fused-ring (bicyclic) bond motifs is 13. The predicted molar refractivity (Wildman–Crippen MR) is 266 cm³/mol. The fourth-order valence-electron chi connectivity index (χ4n) is 11.0. The van der Waals surface area contributed by atoms with Crippen molar-refractivity contribution in [3.05, 3.63) is 252 Å². The Morgan fingerprint density at radius 2 is 0.894 bits per heavy atom. The molecule has 0 fully saturated rings. The zero-order valence-electron chi connectivity index (χ0n) is 35.5. The second kappa shape index (κ2) is 14.4. The van der Waals surface area contributed by atoms with Gasteiger partial charge in [-0.2, -0.15) is 10.5 Å². The molecule has 0 saturated heterocycles. The lowest BCUT2D eigenvalue weighted by Gasteiger charge is -2.40. The molecule has 10 aromatic carbocycles. The minimum atomic E-state index is -0.812. The van der Waals surface area contributed by atoms with Crippen LogP contribution in [-0.2, 0) is 5.41 Å². The molecule has 1 heterocycles. The Kier molecular flexibility index (Phi) is 8.18. The number of nitriles is 2. The van der Waals surface area contributed by atoms with Crippen LogP contribution in [-0.4, -0.2) is 0 Å². The van der Waals surface area contributed by atoms with Crippen LogP contribution >= 0.6 is 0 Å². The molecule has 2 aliphatic rings. The SMILES string of the molecule is N#Cc1ccc(N(c2ccccc2)c2ccc3c(c2)C2(c4cc(N(c5ccccc5)c5ccc(C#N)cc5)ccc4-3)c3ccc4c(oc5ccccc54)c3-c3cccc4cccc2c34)cc1. The number of rotatable bonds is 6. The van der Waals surface area contributed by atoms with E-state index < -0.39 is 5.41 Å². The first kappa shape index (κ1) is 37.4. The van der Waals surface area contributed by atoms with Crippen LogP contribution < -0.4 is 9.80 Å². The molecule has 0 amide bonds. The van der Waals surface area contributed by atoms with E-state index in [-0.39, 0.29) is 0 Å². The van der Waals surface area contributed by atoms with Crippen LogP contribution in [0.1, 0.15) is 33.4 Å². The molecular weight excluding hydrogens is 805 g/mol. The Hall–Kier alpha value is -9.16. The summed E-state index contributed by atoms with van der Waals surface area (Å²) in [6.45, 7) is 0. The average Bonchev–Trinajstić information content (AvgIpc) is 3.90. The summed E-state index contributed by atoms with van der Waals surface area (Å²) in [5.41, 5.74) is 17.3. The maximum Gasteiger partial charge on any atom is 0.143 e. The Labute approximate surface area is 381 Å². The van der Waals surface area contributed by atoms with E-state index in [4.69, 9.17) is 4.42 Å². The summed E-state index contributed by atoms with van der Waals surface area (Å²) in [5.74, 6) is 0. The Morgan fingerprint density at radius 3 is 1.47 bits per heavy atom. The quantitative estimate of drug-likeness (QED) is 0.167. The molecule has 0 saturated carbocycles. The highest BCUT2D eigenvalue weighted by molar-refractivity contribution is 6.17. The van der Waals surface area contributed by atoms with Gasteiger partial charge in [0.25, 0.3) is 0 Å². The van der Waals surface area contributed by atoms with E-state index in [0.29, 0.717) is 11.1 Å². The smallest absolute Gasteiger partial charge is 0.143 e. The summed E-state index contributed by atoms with van der Waals surface area (Å²) >= 11 is 0. The Bertz CT molecular complexity index is 3680. The van der Waals surface area contributed by atoms with Crippen molar-refractivity contribution in [2.75, 3.05) is 9.80 Å². The van der Waals surface area contributed by atoms with Gasteiger partial charge in [0.15, 0.2) is 0 Å². The first-order valence-electron chi connectivity index (χ1n) is 22.1. The zero-order valence-corrected chi connectivity index (χ0v) is 35.5. The van der Waals surface area contributed by atoms with Gasteiger partial charge in [-0.3, -0.25) is 0 Å². The van der Waals surface area contributed by atoms with Crippen molar-refractivity contribution in [2.45, 2.75) is 5.41 Å². The molecule has 0 atom stereocenters. The largest absolute Gasteiger partial charge is 0.455 e. The third-order valence-electron chi connectivity index (χ3n) is 13.7. The number of furan rings is 1. The van der Waals surface area contributed by atoms with Gasteiger partial charge in [0.05, 0.1) is 28.7 Å². The standard InChI is InChI=1S/C61H36N4O/c62-37-39-21-25-44(26-22-39)64(42-13-3-1-4-14-42)46-29-31-48-49-32-30-47(65(43-15-5-2-6-16-43)45-27-23-40(38-63)24-28-45)36-56(49)61(55(48)35-46)53-19-10-12-41-11-9-18-52(58(41)53)59-54(61)34-33-51-50-17-7-8-20-57(50)66-60(51)59/h1-36H. The molecule has 13 rings (SSSR count). The monoisotopic (exact) mass is 840 g/mol. The zero-order chi connectivity index (χ0) is 43.9. The molecule has 11 aromatic rings. The van der Waals surface area contributed by atoms with Crippen molar-refractivity contribution < 1.29 is 4.42 Å². The predicted octanol–water partition coefficient (Wildman–Crippen LogP) is 15.8. The molecule has 306 valence electrons. The lowest BCUT2D eigenvalue weighted by molar-refractivity contribution is 0.667. The molecule has 66 heavy (non-hydrogen) atoms. The summed E-state index contributed by atoms with van der Waals surface area (Å²) < 4.78 is 7.01. The number of nitrogens with zero attached hydrogens (tertiary/aromatic N) is 4. The van der Waals surface area contributed by atoms with Crippen LogP contribution in [0.3, 0.4) is 0 Å². The molecule has 1 spiro atoms. The number of hydrogen-bond donors (Lipinski definition) is 0. The molecule has 5 nitrogen and oxygen atoms in total. The highest BCUT2D eigenvalue weighted by atomic mass is 16.3. The lowest BCUT2D eigenvalue weighted by atomic mass is 9.61. The minimum absolute atomic E-state index is 0.610. The van der Waals surface area contributed by atoms with E-state index in [9.17, 15) is 10.5 Å². The normalized spacial score (nSPS) is 12.6. The molecule has 2 aliphatic carbocycles. The molecule has 0 bridgehead atoms. The molecule has 1 aromatic heterocycles. The molecular formula is C61H36N4O. The highest BCUT2D eigenvalue weighted by Gasteiger charge is 2.51. The first-order chi connectivity index (χ1) is 32.6. The summed E-state index contributed by atoms with van der Waals surface area (Å²) in [7, 11) is 0. The molecule has 0 aliphatic heterocycles. The van der Waals surface area contributed by atoms with E-state index in [1.54, 1.807) is 0 Å². The topological polar surface area (TPSA) is 67.2 Å². The number of anilines is 6. The van der Waals surface area contributed by atoms with Crippen molar-refractivity contribution >= 4 is 66.8 Å². The lowest BCUT2D eigenvalue weighted by Crippen LogP contribution is -2.32. The van der Waals surface area contributed by atoms with Crippen molar-refractivity contribution in [3.63, 3.8) is 0 Å². The van der Waals surface area contributed by atoms with Crippen LogP contribution in [0.2, 0.25) is 0 Å². The Morgan fingerprint density at radius 1 is 0.379 bits per heavy atom. The van der Waals surface area contributed by atoms with Crippen LogP contribution in [0.4, 0.5) is 34.1 Å². The first-order valence-corrected chi connectivity index (χ1v) is 22.1. The van der Waals surface area contributed by atoms with Gasteiger partial charge in [-0.15, -0.1) is 0 Å². The van der Waals surface area contributed by atoms with E-state index in [2.05, 4.69) is 174 Å². The van der Waals surface area contributed by atoms with Gasteiger partial charge in [-0.1, -0.05) is 115 Å². The fourth-order valence-corrected chi connectivity index (χ4v) is 11.0. The third-order valence-corrected chi connectivity index (χ3v) is 13.7. The summed E-state index contributed by atoms with van der Waals surface area (Å²) in [5, 5.41) is 24.1. The van der Waals surface area contributed by atoms with Crippen LogP contribution in [0, 0.1) is 22.7 Å². The maximum absolute atomic E-state index is 9.77. The minimum Gasteiger partial charge on any atom is -0.455 e. The second-order valence-corrected chi connectivity index (χ2v) is 17.0. The van der Waals surface area contributed by atoms with Crippen LogP contribution in [0.5, 0.6) is 0 Å². The van der Waals surface area contributed by atoms with Gasteiger partial charge in [0.2, 0.25) is 0 Å². The fraction of sp³-hybridized carbons (Fsp3) is 0.0164. The number of benzene rings is 10. The second-order valence-electron chi connectivity index (χ2n) is 17.0. The van der Waals surface area contributed by atoms with Crippen molar-refractivity contribution in [2.24, 2.45) is 0 Å². The van der Waals surface area contributed by atoms with Crippen molar-refractivity contribution in [3.8, 4) is 34.4 Å². The van der Waals surface area contributed by atoms with Crippen molar-refractivity contribution in [1.29, 1.82) is 10.5 Å². The van der Waals surface area contributed by atoms with Gasteiger partial charge in [0.1, 0.15) is 11.2 Å². The highest BCUT2D eigenvalue weighted by Crippen LogP contribution is 2.64. The molecule has 0 N–H and O–H groups in total. The maximum atomic E-state index is 9.77. The van der Waals surface area contributed by atoms with Gasteiger partial charge in [-0.05, 0) is 153 Å². The van der Waals surface area contributed by atoms with E-state index in [1.807, 2.05) is 66.7 Å². The van der Waals surface area contributed by atoms with Crippen molar-refractivity contribution in [1.82, 2.24) is 0 Å². The van der Waals surface area contributed by atoms with Crippen LogP contribution in [0.15, 0.2) is 223 Å². The molecule has 0 unspecified atom stereocenters. The van der Waals surface area contributed by atoms with E-state index >= 15 is 0 Å². The van der Waals surface area contributed by atoms with Gasteiger partial charge < -0.3 is 14.2 Å². The molecule has 0 radical (unpaired) electrons. The molecule has 5 heteroatoms. The van der Waals surface area contributed by atoms with E-state index in [1.165, 1.54) is 22.1 Å². The van der Waals surface area contributed by atoms with Gasteiger partial charge in [0, 0.05) is 50.5 Å². The Balaban J connectivity index is 1.16. The summed E-state index contributed by atoms with van der Waals surface area (Å²) in [4.78, 5) is 4.57. The summed E-state index contributed by atoms with van der Waals surface area (Å²) in [6, 6.07) is 81.4. The van der Waals surface area contributed by atoms with Gasteiger partial charge in [-0.25, -0.2) is 0 Å². The van der Waals surface area contributed by atoms with Crippen LogP contribution in [0.25, 0.3) is 55.0 Å². The van der Waals surface area contributed by atoms with E-state index in [0.717, 1.165) is 89.3 Å².